The summed E-state index contributed by atoms with van der Waals surface area (Å²) in [7, 11) is 0. The molecule has 0 bridgehead atoms. The molecule has 400 valence electrons. The number of esters is 2. The molecular weight excluding hydrogens is 901 g/mol. The van der Waals surface area contributed by atoms with Crippen LogP contribution in [0.2, 0.25) is 0 Å². The van der Waals surface area contributed by atoms with Crippen molar-refractivity contribution in [3.8, 4) is 0 Å². The van der Waals surface area contributed by atoms with Gasteiger partial charge in [0.15, 0.2) is 18.7 Å². The lowest BCUT2D eigenvalue weighted by molar-refractivity contribution is -0.332. The van der Waals surface area contributed by atoms with Crippen LogP contribution in [0.4, 0.5) is 0 Å². The molecule has 0 aromatic heterocycles. The van der Waals surface area contributed by atoms with Crippen LogP contribution in [-0.2, 0) is 38.0 Å². The van der Waals surface area contributed by atoms with Crippen molar-refractivity contribution in [2.75, 3.05) is 26.4 Å². The number of ether oxygens (including phenoxy) is 6. The van der Waals surface area contributed by atoms with Gasteiger partial charge >= 0.3 is 11.9 Å². The molecule has 2 fully saturated rings. The molecule has 11 atom stereocenters. The van der Waals surface area contributed by atoms with E-state index in [9.17, 15) is 45.3 Å². The van der Waals surface area contributed by atoms with Crippen molar-refractivity contribution < 1.29 is 73.8 Å². The summed E-state index contributed by atoms with van der Waals surface area (Å²) in [6.07, 6.45) is 33.3. The summed E-state index contributed by atoms with van der Waals surface area (Å²) < 4.78 is 33.5. The molecule has 0 spiro atoms. The first kappa shape index (κ1) is 62.8. The number of aliphatic hydroxyl groups excluding tert-OH is 7. The number of aliphatic hydroxyl groups is 7. The van der Waals surface area contributed by atoms with E-state index in [1.807, 2.05) is 0 Å². The van der Waals surface area contributed by atoms with E-state index < -0.39 is 99.3 Å². The summed E-state index contributed by atoms with van der Waals surface area (Å²) in [5.74, 6) is -1.01. The van der Waals surface area contributed by atoms with Gasteiger partial charge in [0.2, 0.25) is 0 Å². The fourth-order valence-corrected chi connectivity index (χ4v) is 7.57. The minimum atomic E-state index is -1.78. The normalized spacial score (nSPS) is 26.1. The van der Waals surface area contributed by atoms with Crippen LogP contribution in [0.1, 0.15) is 155 Å². The van der Waals surface area contributed by atoms with Gasteiger partial charge < -0.3 is 64.2 Å². The monoisotopic (exact) mass is 991 g/mol. The maximum Gasteiger partial charge on any atom is 0.306 e. The van der Waals surface area contributed by atoms with Crippen LogP contribution in [0.25, 0.3) is 0 Å². The highest BCUT2D eigenvalue weighted by Gasteiger charge is 2.47. The van der Waals surface area contributed by atoms with Crippen molar-refractivity contribution in [3.05, 3.63) is 85.1 Å². The molecule has 2 rings (SSSR count). The van der Waals surface area contributed by atoms with Gasteiger partial charge in [0, 0.05) is 12.8 Å². The van der Waals surface area contributed by atoms with E-state index in [1.54, 1.807) is 0 Å². The van der Waals surface area contributed by atoms with Gasteiger partial charge in [-0.1, -0.05) is 137 Å². The first-order valence-corrected chi connectivity index (χ1v) is 26.2. The third kappa shape index (κ3) is 28.7. The van der Waals surface area contributed by atoms with Crippen molar-refractivity contribution >= 4 is 11.9 Å². The Labute approximate surface area is 418 Å². The molecule has 0 amide bonds. The van der Waals surface area contributed by atoms with Crippen molar-refractivity contribution in [2.24, 2.45) is 0 Å². The summed E-state index contributed by atoms with van der Waals surface area (Å²) in [4.78, 5) is 25.8. The third-order valence-electron chi connectivity index (χ3n) is 11.9. The Balaban J connectivity index is 1.83. The molecule has 15 nitrogen and oxygen atoms in total. The minimum Gasteiger partial charge on any atom is -0.462 e. The lowest BCUT2D eigenvalue weighted by Gasteiger charge is -2.42. The highest BCUT2D eigenvalue weighted by Crippen LogP contribution is 2.26. The van der Waals surface area contributed by atoms with E-state index in [0.717, 1.165) is 77.0 Å². The van der Waals surface area contributed by atoms with Gasteiger partial charge in [-0.05, 0) is 89.9 Å². The average molecular weight is 991 g/mol. The van der Waals surface area contributed by atoms with Gasteiger partial charge in [-0.25, -0.2) is 0 Å². The van der Waals surface area contributed by atoms with Crippen LogP contribution in [0, 0.1) is 0 Å². The molecule has 2 aliphatic rings. The van der Waals surface area contributed by atoms with Crippen LogP contribution >= 0.6 is 0 Å². The van der Waals surface area contributed by atoms with Gasteiger partial charge in [-0.15, -0.1) is 0 Å². The predicted octanol–water partition coefficient (Wildman–Crippen LogP) is 7.60. The maximum absolute atomic E-state index is 13.0. The summed E-state index contributed by atoms with van der Waals surface area (Å²) in [6.45, 7) is 2.38. The Morgan fingerprint density at radius 3 is 1.44 bits per heavy atom. The van der Waals surface area contributed by atoms with Crippen LogP contribution in [0.5, 0.6) is 0 Å². The Bertz CT molecular complexity index is 1540. The fraction of sp³-hybridized carbons (Fsp3) is 0.709. The zero-order valence-corrected chi connectivity index (χ0v) is 42.2. The van der Waals surface area contributed by atoms with E-state index in [4.69, 9.17) is 28.4 Å². The molecule has 4 unspecified atom stereocenters. The molecule has 15 heteroatoms. The number of rotatable bonds is 39. The Kier molecular flexibility index (Phi) is 36.9. The molecule has 7 N–H and O–H groups in total. The second kappa shape index (κ2) is 41.2. The maximum atomic E-state index is 13.0. The summed E-state index contributed by atoms with van der Waals surface area (Å²) in [5.41, 5.74) is 0. The van der Waals surface area contributed by atoms with E-state index >= 15 is 0 Å². The molecule has 0 saturated carbocycles. The lowest BCUT2D eigenvalue weighted by atomic mass is 9.98. The second-order valence-electron chi connectivity index (χ2n) is 18.0. The SMILES string of the molecule is CC/C=C/C/C=C/C/C=C/C/C=C/C/C=C/CCCCCC(=O)OC[C@@H](CO[C@@H]1O[C@H](CO[C@@H]2O[C@H](CO)[C@H](O)C(O)C2O)[C@H](O)C(O)C1O)OC(=O)CCCC/C=C/C/C=C/CCCCCCCC. The first-order valence-electron chi connectivity index (χ1n) is 26.2. The van der Waals surface area contributed by atoms with Crippen molar-refractivity contribution in [2.45, 2.75) is 223 Å². The van der Waals surface area contributed by atoms with Crippen molar-refractivity contribution in [1.29, 1.82) is 0 Å². The number of allylic oxidation sites excluding steroid dienone is 14. The quantitative estimate of drug-likeness (QED) is 0.0179. The van der Waals surface area contributed by atoms with Crippen LogP contribution in [0.15, 0.2) is 85.1 Å². The largest absolute Gasteiger partial charge is 0.462 e. The second-order valence-corrected chi connectivity index (χ2v) is 18.0. The third-order valence-corrected chi connectivity index (χ3v) is 11.9. The van der Waals surface area contributed by atoms with E-state index in [0.29, 0.717) is 12.8 Å². The Morgan fingerprint density at radius 1 is 0.471 bits per heavy atom. The highest BCUT2D eigenvalue weighted by molar-refractivity contribution is 5.70. The van der Waals surface area contributed by atoms with Crippen LogP contribution < -0.4 is 0 Å². The van der Waals surface area contributed by atoms with Crippen LogP contribution in [0.3, 0.4) is 0 Å². The number of hydrogen-bond acceptors (Lipinski definition) is 15. The molecule has 0 aromatic carbocycles. The van der Waals surface area contributed by atoms with E-state index in [2.05, 4.69) is 98.9 Å². The zero-order valence-electron chi connectivity index (χ0n) is 42.2. The summed E-state index contributed by atoms with van der Waals surface area (Å²) >= 11 is 0. The molecule has 70 heavy (non-hydrogen) atoms. The summed E-state index contributed by atoms with van der Waals surface area (Å²) in [6, 6.07) is 0. The fourth-order valence-electron chi connectivity index (χ4n) is 7.57. The summed E-state index contributed by atoms with van der Waals surface area (Å²) in [5, 5.41) is 72.1. The lowest BCUT2D eigenvalue weighted by Crippen LogP contribution is -2.61. The predicted molar refractivity (Wildman–Crippen MR) is 270 cm³/mol. The molecule has 2 aliphatic heterocycles. The smallest absolute Gasteiger partial charge is 0.306 e. The molecule has 2 heterocycles. The number of carbonyl (C=O) groups excluding carboxylic acids is 2. The van der Waals surface area contributed by atoms with Gasteiger partial charge in [-0.3, -0.25) is 9.59 Å². The van der Waals surface area contributed by atoms with Gasteiger partial charge in [0.1, 0.15) is 55.4 Å². The topological polar surface area (TPSA) is 231 Å². The number of unbranched alkanes of at least 4 members (excludes halogenated alkanes) is 11. The van der Waals surface area contributed by atoms with E-state index in [-0.39, 0.29) is 19.4 Å². The minimum absolute atomic E-state index is 0.110. The van der Waals surface area contributed by atoms with Gasteiger partial charge in [-0.2, -0.15) is 0 Å². The first-order chi connectivity index (χ1) is 34.0. The molecule has 0 aliphatic carbocycles. The van der Waals surface area contributed by atoms with E-state index in [1.165, 1.54) is 38.5 Å². The number of hydrogen-bond donors (Lipinski definition) is 7. The molecular formula is C55H90O15. The van der Waals surface area contributed by atoms with Crippen molar-refractivity contribution in [3.63, 3.8) is 0 Å². The van der Waals surface area contributed by atoms with Crippen molar-refractivity contribution in [1.82, 2.24) is 0 Å². The molecule has 0 aromatic rings. The zero-order chi connectivity index (χ0) is 51.0. The average Bonchev–Trinajstić information content (AvgIpc) is 3.35. The standard InChI is InChI=1S/C55H90O15/c1-3-5-7-9-11-13-15-17-19-20-21-22-24-25-27-29-31-33-35-37-46(57)65-40-43(68-47(58)38-36-34-32-30-28-26-23-18-16-14-12-10-8-6-4-2)41-66-54-53(64)51(62)49(60)45(70-54)42-67-55-52(63)50(61)48(59)44(39-56)69-55/h5,7,11,13,17-19,21-23,25,27-28,30,43-45,48-56,59-64H,3-4,6,8-10,12,14-16,20,24,26,29,31-42H2,1-2H3/b7-5+,13-11+,19-17+,22-21+,23-18+,27-25+,30-28+/t43-,44+,45+,48-,49-,50?,51?,52?,53?,54+,55+/m0/s1. The Morgan fingerprint density at radius 2 is 0.900 bits per heavy atom. The van der Waals surface area contributed by atoms with Crippen LogP contribution in [-0.4, -0.2) is 142 Å². The van der Waals surface area contributed by atoms with Gasteiger partial charge in [0.25, 0.3) is 0 Å². The Hall–Kier alpha value is -3.32. The molecule has 0 radical (unpaired) electrons. The van der Waals surface area contributed by atoms with Gasteiger partial charge in [0.05, 0.1) is 19.8 Å². The number of carbonyl (C=O) groups is 2. The highest BCUT2D eigenvalue weighted by atomic mass is 16.7. The molecule has 2 saturated heterocycles.